The van der Waals surface area contributed by atoms with Crippen molar-refractivity contribution in [2.24, 2.45) is 11.7 Å². The molecule has 0 spiro atoms. The number of nitrogens with two attached hydrogens (primary N) is 1. The molecule has 2 atom stereocenters. The standard InChI is InChI=1S/C13H19N3S/c1-8-3-4-11(5-8)16-12-7-10(13(14)17)6-9(2)15-12/h6-8,11H,3-5H2,1-2H3,(H2,14,17)(H,15,16). The van der Waals surface area contributed by atoms with E-state index in [1.54, 1.807) is 0 Å². The first kappa shape index (κ1) is 12.3. The van der Waals surface area contributed by atoms with Crippen LogP contribution in [0.4, 0.5) is 5.82 Å². The Labute approximate surface area is 108 Å². The Morgan fingerprint density at radius 2 is 2.24 bits per heavy atom. The van der Waals surface area contributed by atoms with Gasteiger partial charge in [-0.05, 0) is 44.2 Å². The van der Waals surface area contributed by atoms with E-state index in [4.69, 9.17) is 18.0 Å². The van der Waals surface area contributed by atoms with Crippen molar-refractivity contribution in [1.82, 2.24) is 4.98 Å². The summed E-state index contributed by atoms with van der Waals surface area (Å²) < 4.78 is 0. The molecule has 2 rings (SSSR count). The molecule has 1 aromatic heterocycles. The van der Waals surface area contributed by atoms with Crippen LogP contribution in [0.25, 0.3) is 0 Å². The molecular weight excluding hydrogens is 230 g/mol. The van der Waals surface area contributed by atoms with E-state index in [0.717, 1.165) is 23.0 Å². The molecule has 0 amide bonds. The van der Waals surface area contributed by atoms with Crippen molar-refractivity contribution in [1.29, 1.82) is 0 Å². The Kier molecular flexibility index (Phi) is 3.62. The molecule has 1 heterocycles. The molecule has 3 N–H and O–H groups in total. The molecule has 1 aliphatic carbocycles. The Balaban J connectivity index is 2.12. The minimum Gasteiger partial charge on any atom is -0.389 e. The van der Waals surface area contributed by atoms with Gasteiger partial charge in [-0.2, -0.15) is 0 Å². The van der Waals surface area contributed by atoms with Gasteiger partial charge in [0.25, 0.3) is 0 Å². The summed E-state index contributed by atoms with van der Waals surface area (Å²) in [5.74, 6) is 1.71. The normalized spacial score (nSPS) is 23.6. The van der Waals surface area contributed by atoms with E-state index in [-0.39, 0.29) is 0 Å². The summed E-state index contributed by atoms with van der Waals surface area (Å²) >= 11 is 5.00. The van der Waals surface area contributed by atoms with E-state index in [2.05, 4.69) is 17.2 Å². The van der Waals surface area contributed by atoms with Crippen molar-refractivity contribution in [2.45, 2.75) is 39.2 Å². The van der Waals surface area contributed by atoms with Crippen molar-refractivity contribution in [3.63, 3.8) is 0 Å². The second kappa shape index (κ2) is 5.00. The predicted octanol–water partition coefficient (Wildman–Crippen LogP) is 2.62. The first-order valence-electron chi connectivity index (χ1n) is 6.09. The highest BCUT2D eigenvalue weighted by molar-refractivity contribution is 7.80. The van der Waals surface area contributed by atoms with Gasteiger partial charge in [0.05, 0.1) is 0 Å². The van der Waals surface area contributed by atoms with Crippen LogP contribution in [0.1, 0.15) is 37.4 Å². The first-order chi connectivity index (χ1) is 8.04. The van der Waals surface area contributed by atoms with Crippen molar-refractivity contribution < 1.29 is 0 Å². The van der Waals surface area contributed by atoms with Gasteiger partial charge < -0.3 is 11.1 Å². The molecule has 0 aliphatic heterocycles. The van der Waals surface area contributed by atoms with Crippen molar-refractivity contribution in [2.75, 3.05) is 5.32 Å². The Bertz CT molecular complexity index is 431. The minimum absolute atomic E-state index is 0.429. The summed E-state index contributed by atoms with van der Waals surface area (Å²) in [6.45, 7) is 4.26. The summed E-state index contributed by atoms with van der Waals surface area (Å²) in [5, 5.41) is 3.48. The Hall–Kier alpha value is -1.16. The van der Waals surface area contributed by atoms with Gasteiger partial charge in [-0.3, -0.25) is 0 Å². The Morgan fingerprint density at radius 1 is 1.47 bits per heavy atom. The number of thiocarbonyl (C=S) groups is 1. The van der Waals surface area contributed by atoms with E-state index in [1.165, 1.54) is 19.3 Å². The number of anilines is 1. The number of hydrogen-bond acceptors (Lipinski definition) is 3. The van der Waals surface area contributed by atoms with Gasteiger partial charge in [-0.1, -0.05) is 19.1 Å². The number of pyridine rings is 1. The zero-order chi connectivity index (χ0) is 12.4. The molecule has 0 radical (unpaired) electrons. The maximum atomic E-state index is 5.66. The minimum atomic E-state index is 0.429. The first-order valence-corrected chi connectivity index (χ1v) is 6.50. The topological polar surface area (TPSA) is 50.9 Å². The van der Waals surface area contributed by atoms with E-state index >= 15 is 0 Å². The van der Waals surface area contributed by atoms with Crippen LogP contribution in [0.3, 0.4) is 0 Å². The third-order valence-corrected chi connectivity index (χ3v) is 3.52. The maximum absolute atomic E-state index is 5.66. The van der Waals surface area contributed by atoms with E-state index in [9.17, 15) is 0 Å². The van der Waals surface area contributed by atoms with Crippen LogP contribution >= 0.6 is 12.2 Å². The molecule has 1 saturated carbocycles. The number of nitrogens with one attached hydrogen (secondary N) is 1. The summed E-state index contributed by atoms with van der Waals surface area (Å²) in [4.78, 5) is 4.91. The van der Waals surface area contributed by atoms with E-state index in [1.807, 2.05) is 19.1 Å². The zero-order valence-electron chi connectivity index (χ0n) is 10.4. The second-order valence-electron chi connectivity index (χ2n) is 5.01. The van der Waals surface area contributed by atoms with Crippen molar-refractivity contribution in [3.8, 4) is 0 Å². The zero-order valence-corrected chi connectivity index (χ0v) is 11.2. The fraction of sp³-hybridized carbons (Fsp3) is 0.538. The molecular formula is C13H19N3S. The average Bonchev–Trinajstić information content (AvgIpc) is 2.63. The van der Waals surface area contributed by atoms with Crippen molar-refractivity contribution >= 4 is 23.0 Å². The average molecular weight is 249 g/mol. The largest absolute Gasteiger partial charge is 0.389 e. The smallest absolute Gasteiger partial charge is 0.127 e. The van der Waals surface area contributed by atoms with Crippen LogP contribution in [0.2, 0.25) is 0 Å². The highest BCUT2D eigenvalue weighted by Gasteiger charge is 2.21. The van der Waals surface area contributed by atoms with Gasteiger partial charge >= 0.3 is 0 Å². The monoisotopic (exact) mass is 249 g/mol. The van der Waals surface area contributed by atoms with Gasteiger partial charge in [0.2, 0.25) is 0 Å². The lowest BCUT2D eigenvalue weighted by Crippen LogP contribution is -2.18. The summed E-state index contributed by atoms with van der Waals surface area (Å²) in [7, 11) is 0. The van der Waals surface area contributed by atoms with Crippen molar-refractivity contribution in [3.05, 3.63) is 23.4 Å². The van der Waals surface area contributed by atoms with Gasteiger partial charge in [0, 0.05) is 17.3 Å². The lowest BCUT2D eigenvalue weighted by atomic mass is 10.1. The van der Waals surface area contributed by atoms with Crippen LogP contribution in [-0.2, 0) is 0 Å². The number of nitrogens with zero attached hydrogens (tertiary/aromatic N) is 1. The third-order valence-electron chi connectivity index (χ3n) is 3.28. The van der Waals surface area contributed by atoms with Crippen LogP contribution in [0.15, 0.2) is 12.1 Å². The third kappa shape index (κ3) is 3.16. The highest BCUT2D eigenvalue weighted by atomic mass is 32.1. The van der Waals surface area contributed by atoms with Gasteiger partial charge in [-0.15, -0.1) is 0 Å². The summed E-state index contributed by atoms with van der Waals surface area (Å²) in [6.07, 6.45) is 3.74. The molecule has 1 fully saturated rings. The molecule has 92 valence electrons. The number of rotatable bonds is 3. The molecule has 0 aromatic carbocycles. The van der Waals surface area contributed by atoms with Crippen LogP contribution in [-0.4, -0.2) is 16.0 Å². The predicted molar refractivity (Wildman–Crippen MR) is 75.3 cm³/mol. The second-order valence-corrected chi connectivity index (χ2v) is 5.45. The van der Waals surface area contributed by atoms with Gasteiger partial charge in [-0.25, -0.2) is 4.98 Å². The molecule has 17 heavy (non-hydrogen) atoms. The molecule has 0 saturated heterocycles. The van der Waals surface area contributed by atoms with Crippen LogP contribution in [0, 0.1) is 12.8 Å². The lowest BCUT2D eigenvalue weighted by molar-refractivity contribution is 0.602. The van der Waals surface area contributed by atoms with Crippen LogP contribution in [0.5, 0.6) is 0 Å². The van der Waals surface area contributed by atoms with E-state index < -0.39 is 0 Å². The molecule has 1 aliphatic rings. The highest BCUT2D eigenvalue weighted by Crippen LogP contribution is 2.27. The Morgan fingerprint density at radius 3 is 2.82 bits per heavy atom. The lowest BCUT2D eigenvalue weighted by Gasteiger charge is -2.14. The van der Waals surface area contributed by atoms with E-state index in [0.29, 0.717) is 11.0 Å². The van der Waals surface area contributed by atoms with Crippen LogP contribution < -0.4 is 11.1 Å². The number of aromatic nitrogens is 1. The molecule has 1 aromatic rings. The number of hydrogen-bond donors (Lipinski definition) is 2. The summed E-state index contributed by atoms with van der Waals surface area (Å²) in [6, 6.07) is 4.40. The van der Waals surface area contributed by atoms with Gasteiger partial charge in [0.15, 0.2) is 0 Å². The fourth-order valence-electron chi connectivity index (χ4n) is 2.43. The van der Waals surface area contributed by atoms with Gasteiger partial charge in [0.1, 0.15) is 10.8 Å². The molecule has 4 heteroatoms. The quantitative estimate of drug-likeness (QED) is 0.809. The molecule has 2 unspecified atom stereocenters. The molecule has 0 bridgehead atoms. The SMILES string of the molecule is Cc1cc(C(N)=S)cc(NC2CCC(C)C2)n1. The maximum Gasteiger partial charge on any atom is 0.127 e. The summed E-state index contributed by atoms with van der Waals surface area (Å²) in [5.41, 5.74) is 7.50. The molecule has 3 nitrogen and oxygen atoms in total. The number of aryl methyl sites for hydroxylation is 1. The fourth-order valence-corrected chi connectivity index (χ4v) is 2.55.